The normalized spacial score (nSPS) is 14.1. The van der Waals surface area contributed by atoms with Crippen molar-refractivity contribution in [2.24, 2.45) is 5.92 Å². The number of carbonyl (C=O) groups excluding carboxylic acids is 1. The molecule has 0 aliphatic rings. The van der Waals surface area contributed by atoms with Gasteiger partial charge in [-0.1, -0.05) is 20.8 Å². The van der Waals surface area contributed by atoms with Gasteiger partial charge in [-0.3, -0.25) is 0 Å². The Balaban J connectivity index is 4.28. The average molecular weight is 276 g/mol. The molecule has 3 N–H and O–H groups in total. The number of hydrogen-bond acceptors (Lipinski definition) is 3. The number of nitrogens with one attached hydrogen (secondary N) is 2. The monoisotopic (exact) mass is 276 g/mol. The minimum absolute atomic E-state index is 0.0694. The molecule has 0 aliphatic carbocycles. The first-order valence-corrected chi connectivity index (χ1v) is 7.60. The summed E-state index contributed by atoms with van der Waals surface area (Å²) in [5.74, 6) is 0.0468. The first-order chi connectivity index (χ1) is 8.42. The lowest BCUT2D eigenvalue weighted by atomic mass is 10.0. The number of aliphatic carboxylic acids is 1. The summed E-state index contributed by atoms with van der Waals surface area (Å²) in [6.07, 6.45) is 3.17. The Morgan fingerprint density at radius 1 is 1.28 bits per heavy atom. The second kappa shape index (κ2) is 9.08. The number of carboxylic acids is 1. The second-order valence-electron chi connectivity index (χ2n) is 4.55. The van der Waals surface area contributed by atoms with E-state index in [0.29, 0.717) is 18.1 Å². The van der Waals surface area contributed by atoms with Crippen molar-refractivity contribution < 1.29 is 14.7 Å². The van der Waals surface area contributed by atoms with E-state index >= 15 is 0 Å². The van der Waals surface area contributed by atoms with Gasteiger partial charge >= 0.3 is 12.0 Å². The van der Waals surface area contributed by atoms with Crippen molar-refractivity contribution in [1.82, 2.24) is 10.6 Å². The fraction of sp³-hybridized carbons (Fsp3) is 0.833. The summed E-state index contributed by atoms with van der Waals surface area (Å²) in [6.45, 7) is 6.04. The van der Waals surface area contributed by atoms with Crippen LogP contribution in [-0.2, 0) is 4.79 Å². The molecule has 0 saturated carbocycles. The Bertz CT molecular complexity index is 272. The van der Waals surface area contributed by atoms with Gasteiger partial charge in [0.15, 0.2) is 0 Å². The van der Waals surface area contributed by atoms with E-state index in [2.05, 4.69) is 10.6 Å². The van der Waals surface area contributed by atoms with Crippen LogP contribution in [0.25, 0.3) is 0 Å². The number of carbonyl (C=O) groups is 2. The Labute approximate surface area is 113 Å². The summed E-state index contributed by atoms with van der Waals surface area (Å²) in [5.41, 5.74) is 0. The molecule has 18 heavy (non-hydrogen) atoms. The van der Waals surface area contributed by atoms with Crippen molar-refractivity contribution in [3.8, 4) is 0 Å². The average Bonchev–Trinajstić information content (AvgIpc) is 2.30. The van der Waals surface area contributed by atoms with Crippen LogP contribution in [0.1, 0.15) is 33.6 Å². The summed E-state index contributed by atoms with van der Waals surface area (Å²) >= 11 is 1.56. The maximum atomic E-state index is 11.7. The van der Waals surface area contributed by atoms with Gasteiger partial charge in [-0.05, 0) is 30.8 Å². The number of hydrogen-bond donors (Lipinski definition) is 3. The SMILES string of the molecule is CCC(NC(=O)N[C@@H](CCSC)C(=O)O)C(C)C. The number of thioether (sulfide) groups is 1. The second-order valence-corrected chi connectivity index (χ2v) is 5.53. The highest BCUT2D eigenvalue weighted by Crippen LogP contribution is 2.05. The van der Waals surface area contributed by atoms with Gasteiger partial charge in [-0.25, -0.2) is 9.59 Å². The predicted molar refractivity (Wildman–Crippen MR) is 75.0 cm³/mol. The van der Waals surface area contributed by atoms with E-state index in [1.807, 2.05) is 27.0 Å². The fourth-order valence-electron chi connectivity index (χ4n) is 1.60. The molecular weight excluding hydrogens is 252 g/mol. The minimum atomic E-state index is -0.989. The third-order valence-corrected chi connectivity index (χ3v) is 3.42. The standard InChI is InChI=1S/C12H24N2O3S/c1-5-9(8(2)3)13-12(17)14-10(11(15)16)6-7-18-4/h8-10H,5-7H2,1-4H3,(H,15,16)(H2,13,14,17)/t9?,10-/m0/s1. The van der Waals surface area contributed by atoms with E-state index < -0.39 is 18.0 Å². The van der Waals surface area contributed by atoms with Crippen LogP contribution >= 0.6 is 11.8 Å². The van der Waals surface area contributed by atoms with Gasteiger partial charge < -0.3 is 15.7 Å². The summed E-state index contributed by atoms with van der Waals surface area (Å²) in [6, 6.07) is -1.15. The van der Waals surface area contributed by atoms with E-state index in [1.54, 1.807) is 11.8 Å². The summed E-state index contributed by atoms with van der Waals surface area (Å²) < 4.78 is 0. The summed E-state index contributed by atoms with van der Waals surface area (Å²) in [5, 5.41) is 14.3. The summed E-state index contributed by atoms with van der Waals surface area (Å²) in [4.78, 5) is 22.7. The third-order valence-electron chi connectivity index (χ3n) is 2.78. The van der Waals surface area contributed by atoms with Gasteiger partial charge in [0.2, 0.25) is 0 Å². The molecule has 0 aliphatic heterocycles. The number of amides is 2. The van der Waals surface area contributed by atoms with Crippen LogP contribution in [0.2, 0.25) is 0 Å². The van der Waals surface area contributed by atoms with Gasteiger partial charge in [-0.15, -0.1) is 0 Å². The molecule has 106 valence electrons. The Morgan fingerprint density at radius 3 is 2.28 bits per heavy atom. The molecule has 0 spiro atoms. The smallest absolute Gasteiger partial charge is 0.326 e. The molecule has 0 bridgehead atoms. The van der Waals surface area contributed by atoms with Crippen molar-refractivity contribution in [2.45, 2.75) is 45.7 Å². The molecule has 0 aromatic carbocycles. The third kappa shape index (κ3) is 6.74. The molecule has 0 heterocycles. The van der Waals surface area contributed by atoms with Crippen molar-refractivity contribution in [3.63, 3.8) is 0 Å². The van der Waals surface area contributed by atoms with Gasteiger partial charge in [0, 0.05) is 6.04 Å². The van der Waals surface area contributed by atoms with Crippen molar-refractivity contribution in [3.05, 3.63) is 0 Å². The van der Waals surface area contributed by atoms with Crippen LogP contribution in [0.5, 0.6) is 0 Å². The maximum Gasteiger partial charge on any atom is 0.326 e. The topological polar surface area (TPSA) is 78.4 Å². The van der Waals surface area contributed by atoms with Crippen LogP contribution in [-0.4, -0.2) is 41.2 Å². The van der Waals surface area contributed by atoms with Gasteiger partial charge in [0.25, 0.3) is 0 Å². The molecule has 6 heteroatoms. The van der Waals surface area contributed by atoms with Gasteiger partial charge in [0.05, 0.1) is 0 Å². The van der Waals surface area contributed by atoms with Crippen molar-refractivity contribution >= 4 is 23.8 Å². The molecular formula is C12H24N2O3S. The number of urea groups is 1. The Hall–Kier alpha value is -0.910. The number of carboxylic acid groups (broad SMARTS) is 1. The van der Waals surface area contributed by atoms with E-state index in [9.17, 15) is 9.59 Å². The molecule has 2 amide bonds. The lowest BCUT2D eigenvalue weighted by molar-refractivity contribution is -0.139. The van der Waals surface area contributed by atoms with Crippen LogP contribution in [0.15, 0.2) is 0 Å². The molecule has 0 saturated heterocycles. The van der Waals surface area contributed by atoms with Crippen molar-refractivity contribution in [2.75, 3.05) is 12.0 Å². The predicted octanol–water partition coefficient (Wildman–Crippen LogP) is 1.93. The highest BCUT2D eigenvalue weighted by atomic mass is 32.2. The van der Waals surface area contributed by atoms with E-state index in [-0.39, 0.29) is 6.04 Å². The lowest BCUT2D eigenvalue weighted by Crippen LogP contribution is -2.50. The van der Waals surface area contributed by atoms with Gasteiger partial charge in [0.1, 0.15) is 6.04 Å². The fourth-order valence-corrected chi connectivity index (χ4v) is 2.07. The molecule has 0 fully saturated rings. The highest BCUT2D eigenvalue weighted by Gasteiger charge is 2.21. The molecule has 0 aromatic heterocycles. The maximum absolute atomic E-state index is 11.7. The molecule has 0 radical (unpaired) electrons. The quantitative estimate of drug-likeness (QED) is 0.633. The molecule has 0 aromatic rings. The molecule has 5 nitrogen and oxygen atoms in total. The Kier molecular flexibility index (Phi) is 8.62. The molecule has 0 rings (SSSR count). The summed E-state index contributed by atoms with van der Waals surface area (Å²) in [7, 11) is 0. The lowest BCUT2D eigenvalue weighted by Gasteiger charge is -2.22. The zero-order valence-electron chi connectivity index (χ0n) is 11.5. The largest absolute Gasteiger partial charge is 0.480 e. The van der Waals surface area contributed by atoms with Crippen LogP contribution in [0.3, 0.4) is 0 Å². The first kappa shape index (κ1) is 17.1. The van der Waals surface area contributed by atoms with E-state index in [0.717, 1.165) is 6.42 Å². The van der Waals surface area contributed by atoms with E-state index in [4.69, 9.17) is 5.11 Å². The minimum Gasteiger partial charge on any atom is -0.480 e. The molecule has 1 unspecified atom stereocenters. The highest BCUT2D eigenvalue weighted by molar-refractivity contribution is 7.98. The van der Waals surface area contributed by atoms with Crippen molar-refractivity contribution in [1.29, 1.82) is 0 Å². The van der Waals surface area contributed by atoms with Crippen LogP contribution in [0.4, 0.5) is 4.79 Å². The number of rotatable bonds is 8. The van der Waals surface area contributed by atoms with Crippen LogP contribution < -0.4 is 10.6 Å². The first-order valence-electron chi connectivity index (χ1n) is 6.21. The zero-order valence-corrected chi connectivity index (χ0v) is 12.3. The zero-order chi connectivity index (χ0) is 14.1. The van der Waals surface area contributed by atoms with Crippen LogP contribution in [0, 0.1) is 5.92 Å². The van der Waals surface area contributed by atoms with E-state index in [1.165, 1.54) is 0 Å². The Morgan fingerprint density at radius 2 is 1.89 bits per heavy atom. The molecule has 2 atom stereocenters. The van der Waals surface area contributed by atoms with Gasteiger partial charge in [-0.2, -0.15) is 11.8 Å².